The lowest BCUT2D eigenvalue weighted by molar-refractivity contribution is -0.135. The molecule has 0 bridgehead atoms. The van der Waals surface area contributed by atoms with E-state index in [-0.39, 0.29) is 56.9 Å². The van der Waals surface area contributed by atoms with Gasteiger partial charge in [0, 0.05) is 60.0 Å². The topological polar surface area (TPSA) is 337 Å². The van der Waals surface area contributed by atoms with Crippen molar-refractivity contribution in [2.24, 2.45) is 33.7 Å². The molecule has 4 rings (SSSR count). The van der Waals surface area contributed by atoms with Crippen LogP contribution in [0.4, 0.5) is 0 Å². The molecule has 2 aromatic carbocycles. The van der Waals surface area contributed by atoms with E-state index in [1.54, 1.807) is 12.4 Å². The number of fused-ring (bicyclic) bond motifs is 2. The number of primary amides is 1. The van der Waals surface area contributed by atoms with Crippen molar-refractivity contribution < 1.29 is 28.8 Å². The number of nitrogens with zero attached hydrogens (tertiary/aromatic N) is 1. The number of benzene rings is 2. The largest absolute Gasteiger partial charge is 0.370 e. The van der Waals surface area contributed by atoms with Crippen LogP contribution in [0, 0.1) is 0 Å². The summed E-state index contributed by atoms with van der Waals surface area (Å²) in [6, 6.07) is 9.40. The van der Waals surface area contributed by atoms with Crippen molar-refractivity contribution >= 4 is 63.2 Å². The molecule has 6 amide bonds. The SMILES string of the molecule is CCCCCCCCCCCC(=O)N[C@@H](CCCN=C(N)N)C(=O)N[C@@H](CCCCN)C(=O)N[C@@H](Cc1c[nH]c2ccccc12)C(=O)N[C@@H](Cc1c[nH]c2ccccc12)C(=O)N[C@@H](CCCCN)C(N)=O. The van der Waals surface area contributed by atoms with Gasteiger partial charge in [-0.15, -0.1) is 0 Å². The van der Waals surface area contributed by atoms with Crippen LogP contribution in [0.1, 0.15) is 134 Å². The second-order valence-electron chi connectivity index (χ2n) is 18.5. The number of hydrogen-bond acceptors (Lipinski definition) is 9. The first-order valence-corrected chi connectivity index (χ1v) is 25.7. The van der Waals surface area contributed by atoms with Gasteiger partial charge in [-0.2, -0.15) is 0 Å². The van der Waals surface area contributed by atoms with E-state index in [0.717, 1.165) is 46.6 Å². The maximum atomic E-state index is 14.8. The molecule has 0 aliphatic rings. The second kappa shape index (κ2) is 31.7. The number of carbonyl (C=O) groups is 6. The van der Waals surface area contributed by atoms with Gasteiger partial charge in [0.15, 0.2) is 5.96 Å². The lowest BCUT2D eigenvalue weighted by Gasteiger charge is -2.27. The van der Waals surface area contributed by atoms with E-state index in [0.29, 0.717) is 57.2 Å². The molecule has 19 nitrogen and oxygen atoms in total. The normalized spacial score (nSPS) is 13.4. The first kappa shape index (κ1) is 57.1. The summed E-state index contributed by atoms with van der Waals surface area (Å²) in [6.07, 6.45) is 16.8. The molecular formula is C52H81N13O6. The van der Waals surface area contributed by atoms with Crippen LogP contribution < -0.4 is 55.3 Å². The Morgan fingerprint density at radius 1 is 0.507 bits per heavy atom. The monoisotopic (exact) mass is 984 g/mol. The molecule has 0 radical (unpaired) electrons. The fraction of sp³-hybridized carbons (Fsp3) is 0.558. The van der Waals surface area contributed by atoms with E-state index in [2.05, 4.69) is 48.5 Å². The Hall–Kier alpha value is -6.47. The van der Waals surface area contributed by atoms with E-state index in [1.165, 1.54) is 32.1 Å². The first-order chi connectivity index (χ1) is 34.3. The third kappa shape index (κ3) is 20.0. The van der Waals surface area contributed by atoms with Gasteiger partial charge in [0.25, 0.3) is 0 Å². The first-order valence-electron chi connectivity index (χ1n) is 25.7. The van der Waals surface area contributed by atoms with Gasteiger partial charge in [0.1, 0.15) is 30.2 Å². The average Bonchev–Trinajstić information content (AvgIpc) is 3.96. The highest BCUT2D eigenvalue weighted by atomic mass is 16.2. The van der Waals surface area contributed by atoms with Crippen LogP contribution in [-0.4, -0.2) is 101 Å². The number of aromatic amines is 2. The summed E-state index contributed by atoms with van der Waals surface area (Å²) in [5.74, 6) is -3.66. The minimum Gasteiger partial charge on any atom is -0.370 e. The summed E-state index contributed by atoms with van der Waals surface area (Å²) in [4.78, 5) is 94.2. The molecule has 19 heteroatoms. The van der Waals surface area contributed by atoms with Crippen molar-refractivity contribution in [3.05, 3.63) is 72.1 Å². The number of carbonyl (C=O) groups excluding carboxylic acids is 6. The van der Waals surface area contributed by atoms with E-state index in [1.807, 2.05) is 48.5 Å². The van der Waals surface area contributed by atoms with E-state index >= 15 is 0 Å². The minimum absolute atomic E-state index is 0.00217. The van der Waals surface area contributed by atoms with Crippen molar-refractivity contribution in [1.82, 2.24) is 36.6 Å². The summed E-state index contributed by atoms with van der Waals surface area (Å²) >= 11 is 0. The number of aliphatic imine (C=N–C) groups is 1. The van der Waals surface area contributed by atoms with Gasteiger partial charge >= 0.3 is 0 Å². The molecule has 2 aromatic heterocycles. The molecule has 0 saturated heterocycles. The van der Waals surface area contributed by atoms with Gasteiger partial charge < -0.3 is 65.2 Å². The van der Waals surface area contributed by atoms with Crippen LogP contribution >= 0.6 is 0 Å². The molecule has 0 saturated carbocycles. The fourth-order valence-corrected chi connectivity index (χ4v) is 8.72. The van der Waals surface area contributed by atoms with Gasteiger partial charge in [0.2, 0.25) is 35.4 Å². The Labute approximate surface area is 418 Å². The maximum Gasteiger partial charge on any atom is 0.243 e. The highest BCUT2D eigenvalue weighted by molar-refractivity contribution is 5.97. The third-order valence-corrected chi connectivity index (χ3v) is 12.8. The summed E-state index contributed by atoms with van der Waals surface area (Å²) in [5, 5.41) is 16.0. The average molecular weight is 984 g/mol. The quantitative estimate of drug-likeness (QED) is 0.0179. The number of rotatable bonds is 36. The number of nitrogens with one attached hydrogen (secondary N) is 7. The Balaban J connectivity index is 1.60. The highest BCUT2D eigenvalue weighted by Crippen LogP contribution is 2.22. The molecule has 0 spiro atoms. The van der Waals surface area contributed by atoms with Crippen molar-refractivity contribution in [3.63, 3.8) is 0 Å². The smallest absolute Gasteiger partial charge is 0.243 e. The van der Waals surface area contributed by atoms with Crippen LogP contribution in [0.15, 0.2) is 65.9 Å². The summed E-state index contributed by atoms with van der Waals surface area (Å²) in [6.45, 7) is 3.17. The van der Waals surface area contributed by atoms with Crippen molar-refractivity contribution in [2.75, 3.05) is 19.6 Å². The molecule has 17 N–H and O–H groups in total. The van der Waals surface area contributed by atoms with E-state index in [4.69, 9.17) is 28.7 Å². The predicted octanol–water partition coefficient (Wildman–Crippen LogP) is 3.58. The zero-order valence-electron chi connectivity index (χ0n) is 41.7. The van der Waals surface area contributed by atoms with Crippen LogP contribution in [0.3, 0.4) is 0 Å². The number of hydrogen-bond donors (Lipinski definition) is 12. The number of para-hydroxylation sites is 2. The van der Waals surface area contributed by atoms with Crippen LogP contribution in [0.2, 0.25) is 0 Å². The van der Waals surface area contributed by atoms with Crippen LogP contribution in [0.5, 0.6) is 0 Å². The molecule has 390 valence electrons. The zero-order chi connectivity index (χ0) is 51.4. The number of unbranched alkanes of at least 4 members (excludes halogenated alkanes) is 10. The van der Waals surface area contributed by atoms with Crippen molar-refractivity contribution in [1.29, 1.82) is 0 Å². The van der Waals surface area contributed by atoms with E-state index in [9.17, 15) is 28.8 Å². The van der Waals surface area contributed by atoms with E-state index < -0.39 is 59.7 Å². The Bertz CT molecular complexity index is 2310. The molecule has 0 aliphatic heterocycles. The molecular weight excluding hydrogens is 903 g/mol. The van der Waals surface area contributed by atoms with Gasteiger partial charge in [-0.1, -0.05) is 94.7 Å². The van der Waals surface area contributed by atoms with Gasteiger partial charge in [-0.05, 0) is 94.1 Å². The second-order valence-corrected chi connectivity index (χ2v) is 18.5. The molecule has 2 heterocycles. The Morgan fingerprint density at radius 3 is 1.42 bits per heavy atom. The van der Waals surface area contributed by atoms with Crippen molar-refractivity contribution in [3.8, 4) is 0 Å². The lowest BCUT2D eigenvalue weighted by atomic mass is 10.00. The molecule has 0 aliphatic carbocycles. The predicted molar refractivity (Wildman–Crippen MR) is 280 cm³/mol. The Kier molecular flexibility index (Phi) is 25.5. The Morgan fingerprint density at radius 2 is 0.930 bits per heavy atom. The summed E-state index contributed by atoms with van der Waals surface area (Å²) < 4.78 is 0. The van der Waals surface area contributed by atoms with Gasteiger partial charge in [-0.25, -0.2) is 0 Å². The zero-order valence-corrected chi connectivity index (χ0v) is 41.7. The molecule has 4 aromatic rings. The maximum absolute atomic E-state index is 14.8. The van der Waals surface area contributed by atoms with Gasteiger partial charge in [-0.3, -0.25) is 33.8 Å². The summed E-state index contributed by atoms with van der Waals surface area (Å²) in [5.41, 5.74) is 31.5. The lowest BCUT2D eigenvalue weighted by Crippen LogP contribution is -2.59. The van der Waals surface area contributed by atoms with Crippen LogP contribution in [0.25, 0.3) is 21.8 Å². The number of amides is 6. The third-order valence-electron chi connectivity index (χ3n) is 12.8. The number of nitrogens with two attached hydrogens (primary N) is 5. The molecule has 0 unspecified atom stereocenters. The summed E-state index contributed by atoms with van der Waals surface area (Å²) in [7, 11) is 0. The van der Waals surface area contributed by atoms with Crippen LogP contribution in [-0.2, 0) is 41.6 Å². The standard InChI is InChI=1S/C52H81N13O6/c1-2-3-4-5-6-7-8-9-10-27-46(66)61-42(26-19-30-58-52(56)57)48(68)63-43(25-16-18-29-54)49(69)64-45(32-36-34-60-40-23-14-12-21-38(36)40)51(71)65-44(31-35-33-59-39-22-13-11-20-37(35)39)50(70)62-41(47(55)67)24-15-17-28-53/h11-14,20-23,33-34,41-45,59-60H,2-10,15-19,24-32,53-54H2,1H3,(H2,55,67)(H,61,66)(H,62,70)(H,63,68)(H,64,69)(H,65,71)(H4,56,57,58)/t41-,42-,43-,44-,45-/m0/s1. The number of aromatic nitrogens is 2. The molecule has 71 heavy (non-hydrogen) atoms. The molecule has 0 fully saturated rings. The highest BCUT2D eigenvalue weighted by Gasteiger charge is 2.33. The fourth-order valence-electron chi connectivity index (χ4n) is 8.72. The molecule has 5 atom stereocenters. The van der Waals surface area contributed by atoms with Crippen molar-refractivity contribution in [2.45, 2.75) is 166 Å². The number of H-pyrrole nitrogens is 2. The minimum atomic E-state index is -1.27. The number of guanidine groups is 1. The van der Waals surface area contributed by atoms with Gasteiger partial charge in [0.05, 0.1) is 0 Å².